The SMILES string of the molecule is C=CN(C[C@@H](OC)C(C)NC=S)/C(C(C)=O)=C(/C)CC. The van der Waals surface area contributed by atoms with Crippen LogP contribution >= 0.6 is 12.2 Å². The molecule has 0 aromatic heterocycles. The summed E-state index contributed by atoms with van der Waals surface area (Å²) in [5.74, 6) is 0.0366. The molecular formula is C15H26N2O2S. The zero-order valence-corrected chi connectivity index (χ0v) is 13.9. The van der Waals surface area contributed by atoms with Crippen LogP contribution in [0, 0.1) is 0 Å². The maximum atomic E-state index is 11.9. The Morgan fingerprint density at radius 1 is 1.50 bits per heavy atom. The fourth-order valence-electron chi connectivity index (χ4n) is 2.02. The van der Waals surface area contributed by atoms with Crippen molar-refractivity contribution >= 4 is 23.5 Å². The second-order valence-electron chi connectivity index (χ2n) is 4.72. The summed E-state index contributed by atoms with van der Waals surface area (Å²) in [4.78, 5) is 13.7. The molecule has 0 amide bonds. The molecule has 0 radical (unpaired) electrons. The predicted molar refractivity (Wildman–Crippen MR) is 87.6 cm³/mol. The van der Waals surface area contributed by atoms with Crippen molar-refractivity contribution in [3.63, 3.8) is 0 Å². The number of ether oxygens (including phenoxy) is 1. The van der Waals surface area contributed by atoms with Crippen LogP contribution in [0.2, 0.25) is 0 Å². The van der Waals surface area contributed by atoms with Crippen molar-refractivity contribution in [2.45, 2.75) is 46.3 Å². The number of nitrogens with one attached hydrogen (secondary N) is 1. The molecule has 0 aromatic rings. The minimum Gasteiger partial charge on any atom is -0.377 e. The van der Waals surface area contributed by atoms with Gasteiger partial charge in [-0.2, -0.15) is 0 Å². The molecule has 2 atom stereocenters. The molecule has 0 fully saturated rings. The Labute approximate surface area is 127 Å². The van der Waals surface area contributed by atoms with Crippen molar-refractivity contribution in [1.29, 1.82) is 0 Å². The number of carbonyl (C=O) groups is 1. The fraction of sp³-hybridized carbons (Fsp3) is 0.600. The average Bonchev–Trinajstić information content (AvgIpc) is 2.42. The smallest absolute Gasteiger partial charge is 0.176 e. The first kappa shape index (κ1) is 18.8. The Kier molecular flexibility index (Phi) is 9.08. The van der Waals surface area contributed by atoms with Gasteiger partial charge < -0.3 is 15.0 Å². The zero-order valence-electron chi connectivity index (χ0n) is 13.1. The number of allylic oxidation sites excluding steroid dienone is 2. The van der Waals surface area contributed by atoms with Crippen LogP contribution in [0.3, 0.4) is 0 Å². The summed E-state index contributed by atoms with van der Waals surface area (Å²) in [5.41, 5.74) is 3.22. The summed E-state index contributed by atoms with van der Waals surface area (Å²) in [6.07, 6.45) is 2.39. The highest BCUT2D eigenvalue weighted by Gasteiger charge is 2.22. The van der Waals surface area contributed by atoms with Gasteiger partial charge in [0.05, 0.1) is 29.9 Å². The van der Waals surface area contributed by atoms with E-state index >= 15 is 0 Å². The van der Waals surface area contributed by atoms with Crippen LogP contribution in [0.15, 0.2) is 24.0 Å². The number of thiocarbonyl (C=S) groups is 1. The summed E-state index contributed by atoms with van der Waals surface area (Å²) in [6, 6.07) is 0.0510. The molecule has 0 rings (SSSR count). The van der Waals surface area contributed by atoms with Crippen LogP contribution in [-0.4, -0.2) is 42.0 Å². The molecule has 0 aromatic carbocycles. The van der Waals surface area contributed by atoms with Gasteiger partial charge in [0, 0.05) is 14.0 Å². The van der Waals surface area contributed by atoms with E-state index in [2.05, 4.69) is 11.9 Å². The lowest BCUT2D eigenvalue weighted by atomic mass is 10.1. The molecule has 0 heterocycles. The van der Waals surface area contributed by atoms with Crippen LogP contribution in [0.1, 0.15) is 34.1 Å². The first-order valence-corrected chi connectivity index (χ1v) is 7.22. The van der Waals surface area contributed by atoms with Crippen molar-refractivity contribution in [2.24, 2.45) is 0 Å². The molecule has 0 saturated heterocycles. The molecule has 1 unspecified atom stereocenters. The molecule has 0 saturated carbocycles. The Balaban J connectivity index is 5.20. The highest BCUT2D eigenvalue weighted by molar-refractivity contribution is 7.78. The van der Waals surface area contributed by atoms with E-state index in [1.807, 2.05) is 25.7 Å². The van der Waals surface area contributed by atoms with Crippen LogP contribution in [0.5, 0.6) is 0 Å². The second-order valence-corrected chi connectivity index (χ2v) is 4.96. The minimum atomic E-state index is -0.105. The van der Waals surface area contributed by atoms with E-state index in [4.69, 9.17) is 17.0 Å². The quantitative estimate of drug-likeness (QED) is 0.496. The summed E-state index contributed by atoms with van der Waals surface area (Å²) in [5, 5.41) is 3.04. The third-order valence-electron chi connectivity index (χ3n) is 3.34. The number of hydrogen-bond donors (Lipinski definition) is 1. The molecule has 114 valence electrons. The Morgan fingerprint density at radius 2 is 2.10 bits per heavy atom. The van der Waals surface area contributed by atoms with E-state index in [9.17, 15) is 4.79 Å². The van der Waals surface area contributed by atoms with Gasteiger partial charge in [-0.15, -0.1) is 0 Å². The van der Waals surface area contributed by atoms with E-state index in [1.54, 1.807) is 20.2 Å². The van der Waals surface area contributed by atoms with E-state index in [0.29, 0.717) is 12.2 Å². The van der Waals surface area contributed by atoms with Crippen molar-refractivity contribution in [3.8, 4) is 0 Å². The van der Waals surface area contributed by atoms with Gasteiger partial charge in [0.1, 0.15) is 0 Å². The molecule has 0 spiro atoms. The molecule has 0 aliphatic heterocycles. The van der Waals surface area contributed by atoms with Crippen molar-refractivity contribution in [1.82, 2.24) is 10.2 Å². The number of methoxy groups -OCH3 is 1. The van der Waals surface area contributed by atoms with Gasteiger partial charge in [-0.05, 0) is 32.0 Å². The lowest BCUT2D eigenvalue weighted by Crippen LogP contribution is -2.44. The van der Waals surface area contributed by atoms with E-state index in [1.165, 1.54) is 5.49 Å². The maximum Gasteiger partial charge on any atom is 0.176 e. The Hall–Kier alpha value is -1.20. The van der Waals surface area contributed by atoms with Crippen molar-refractivity contribution in [3.05, 3.63) is 24.0 Å². The van der Waals surface area contributed by atoms with Crippen LogP contribution < -0.4 is 5.32 Å². The lowest BCUT2D eigenvalue weighted by Gasteiger charge is -2.30. The molecule has 1 N–H and O–H groups in total. The Morgan fingerprint density at radius 3 is 2.45 bits per heavy atom. The van der Waals surface area contributed by atoms with Crippen LogP contribution in [0.25, 0.3) is 0 Å². The number of Topliss-reactive ketones (excluding diaryl/α,β-unsaturated/α-hetero) is 1. The zero-order chi connectivity index (χ0) is 15.7. The van der Waals surface area contributed by atoms with Crippen molar-refractivity contribution in [2.75, 3.05) is 13.7 Å². The van der Waals surface area contributed by atoms with Crippen LogP contribution in [-0.2, 0) is 9.53 Å². The highest BCUT2D eigenvalue weighted by atomic mass is 32.1. The Bertz CT molecular complexity index is 380. The van der Waals surface area contributed by atoms with Gasteiger partial charge in [0.15, 0.2) is 5.78 Å². The fourth-order valence-corrected chi connectivity index (χ4v) is 2.23. The molecule has 20 heavy (non-hydrogen) atoms. The average molecular weight is 298 g/mol. The molecule has 0 bridgehead atoms. The second kappa shape index (κ2) is 9.66. The van der Waals surface area contributed by atoms with Crippen LogP contribution in [0.4, 0.5) is 0 Å². The summed E-state index contributed by atoms with van der Waals surface area (Å²) >= 11 is 4.80. The largest absolute Gasteiger partial charge is 0.377 e. The standard InChI is InChI=1S/C15H26N2O2S/c1-7-11(3)15(13(5)18)17(8-2)9-14(19-6)12(4)16-10-20/h8,10,12,14H,2,7,9H2,1,3-6H3,(H,16,20)/b15-11-/t12?,14-/m1/s1. The van der Waals surface area contributed by atoms with E-state index < -0.39 is 0 Å². The number of nitrogens with zero attached hydrogens (tertiary/aromatic N) is 1. The molecule has 5 heteroatoms. The number of carbonyl (C=O) groups excluding carboxylic acids is 1. The normalized spacial score (nSPS) is 14.8. The van der Waals surface area contributed by atoms with Gasteiger partial charge in [-0.1, -0.05) is 25.7 Å². The lowest BCUT2D eigenvalue weighted by molar-refractivity contribution is -0.115. The van der Waals surface area contributed by atoms with Gasteiger partial charge in [-0.3, -0.25) is 4.79 Å². The molecular weight excluding hydrogens is 272 g/mol. The van der Waals surface area contributed by atoms with E-state index in [0.717, 1.165) is 12.0 Å². The summed E-state index contributed by atoms with van der Waals surface area (Å²) < 4.78 is 5.49. The van der Waals surface area contributed by atoms with Gasteiger partial charge in [-0.25, -0.2) is 0 Å². The van der Waals surface area contributed by atoms with Gasteiger partial charge in [0.25, 0.3) is 0 Å². The minimum absolute atomic E-state index is 0.0366. The van der Waals surface area contributed by atoms with Gasteiger partial charge >= 0.3 is 0 Å². The topological polar surface area (TPSA) is 41.6 Å². The third-order valence-corrected chi connectivity index (χ3v) is 3.48. The first-order valence-electron chi connectivity index (χ1n) is 6.75. The predicted octanol–water partition coefficient (Wildman–Crippen LogP) is 2.66. The van der Waals surface area contributed by atoms with E-state index in [-0.39, 0.29) is 17.9 Å². The first-order chi connectivity index (χ1) is 9.42. The van der Waals surface area contributed by atoms with Crippen molar-refractivity contribution < 1.29 is 9.53 Å². The number of rotatable bonds is 10. The third kappa shape index (κ3) is 5.43. The summed E-state index contributed by atoms with van der Waals surface area (Å²) in [7, 11) is 1.65. The highest BCUT2D eigenvalue weighted by Crippen LogP contribution is 2.16. The molecule has 0 aliphatic carbocycles. The molecule has 0 aliphatic rings. The summed E-state index contributed by atoms with van der Waals surface area (Å²) in [6.45, 7) is 11.9. The molecule has 4 nitrogen and oxygen atoms in total. The van der Waals surface area contributed by atoms with Gasteiger partial charge in [0.2, 0.25) is 0 Å². The number of hydrogen-bond acceptors (Lipinski definition) is 4. The maximum absolute atomic E-state index is 11.9. The monoisotopic (exact) mass is 298 g/mol. The number of ketones is 1.